The average molecular weight is 335 g/mol. The van der Waals surface area contributed by atoms with Gasteiger partial charge in [0.2, 0.25) is 5.13 Å². The van der Waals surface area contributed by atoms with Crippen LogP contribution >= 0.6 is 11.3 Å². The van der Waals surface area contributed by atoms with Crippen LogP contribution in [0.25, 0.3) is 0 Å². The number of hydrazone groups is 1. The van der Waals surface area contributed by atoms with Crippen molar-refractivity contribution >= 4 is 28.5 Å². The van der Waals surface area contributed by atoms with Gasteiger partial charge in [-0.15, -0.1) is 11.3 Å². The summed E-state index contributed by atoms with van der Waals surface area (Å²) in [6.07, 6.45) is 1.55. The number of nitrogen functional groups attached to an aromatic ring is 1. The lowest BCUT2D eigenvalue weighted by molar-refractivity contribution is 0.0337. The van der Waals surface area contributed by atoms with Crippen LogP contribution in [0.1, 0.15) is 11.1 Å². The number of nitrogens with zero attached hydrogens (tertiary/aromatic N) is 3. The highest BCUT2D eigenvalue weighted by Crippen LogP contribution is 2.16. The van der Waals surface area contributed by atoms with Crippen LogP contribution in [0, 0.1) is 5.82 Å². The Morgan fingerprint density at radius 2 is 2.26 bits per heavy atom. The van der Waals surface area contributed by atoms with Gasteiger partial charge in [0.05, 0.1) is 19.4 Å². The van der Waals surface area contributed by atoms with E-state index >= 15 is 0 Å². The summed E-state index contributed by atoms with van der Waals surface area (Å²) in [5.41, 5.74) is 9.66. The topological polar surface area (TPSA) is 75.8 Å². The van der Waals surface area contributed by atoms with E-state index in [1.807, 2.05) is 6.07 Å². The van der Waals surface area contributed by atoms with Gasteiger partial charge >= 0.3 is 0 Å². The molecule has 1 saturated heterocycles. The van der Waals surface area contributed by atoms with E-state index in [-0.39, 0.29) is 5.82 Å². The fraction of sp³-hybridized carbons (Fsp3) is 0.333. The standard InChI is InChI=1S/C15H18FN5OS/c16-13-7-11(8-18-20-15-19-14(17)10-23-15)1-2-12(13)9-21-3-5-22-6-4-21/h1-2,7-8,10H,3-6,9,17H2,(H,19,20). The molecule has 1 aliphatic rings. The number of benzene rings is 1. The number of rotatable bonds is 5. The molecular weight excluding hydrogens is 317 g/mol. The monoisotopic (exact) mass is 335 g/mol. The Kier molecular flexibility index (Phi) is 5.16. The quantitative estimate of drug-likeness (QED) is 0.647. The number of nitrogens with two attached hydrogens (primary N) is 1. The van der Waals surface area contributed by atoms with Gasteiger partial charge in [-0.3, -0.25) is 10.3 Å². The van der Waals surface area contributed by atoms with Crippen molar-refractivity contribution in [2.45, 2.75) is 6.54 Å². The van der Waals surface area contributed by atoms with E-state index in [1.54, 1.807) is 17.7 Å². The Bertz CT molecular complexity index is 684. The summed E-state index contributed by atoms with van der Waals surface area (Å²) in [5.74, 6) is 0.227. The van der Waals surface area contributed by atoms with Gasteiger partial charge in [-0.2, -0.15) is 5.10 Å². The van der Waals surface area contributed by atoms with Crippen molar-refractivity contribution in [1.82, 2.24) is 9.88 Å². The fourth-order valence-electron chi connectivity index (χ4n) is 2.27. The van der Waals surface area contributed by atoms with Crippen LogP contribution in [0.15, 0.2) is 28.7 Å². The Balaban J connectivity index is 1.59. The van der Waals surface area contributed by atoms with Gasteiger partial charge in [-0.1, -0.05) is 12.1 Å². The van der Waals surface area contributed by atoms with Gasteiger partial charge < -0.3 is 10.5 Å². The van der Waals surface area contributed by atoms with Gasteiger partial charge in [0.1, 0.15) is 11.6 Å². The number of morpholine rings is 1. The second kappa shape index (κ2) is 7.49. The zero-order valence-electron chi connectivity index (χ0n) is 12.5. The molecule has 0 amide bonds. The van der Waals surface area contributed by atoms with E-state index < -0.39 is 0 Å². The first-order chi connectivity index (χ1) is 11.2. The normalized spacial score (nSPS) is 16.0. The molecule has 0 aliphatic carbocycles. The summed E-state index contributed by atoms with van der Waals surface area (Å²) in [6, 6.07) is 5.13. The maximum atomic E-state index is 14.2. The van der Waals surface area contributed by atoms with Crippen LogP contribution in [0.3, 0.4) is 0 Å². The molecule has 1 fully saturated rings. The molecule has 1 aliphatic heterocycles. The number of hydrogen-bond acceptors (Lipinski definition) is 7. The molecule has 6 nitrogen and oxygen atoms in total. The Morgan fingerprint density at radius 3 is 2.96 bits per heavy atom. The molecular formula is C15H18FN5OS. The van der Waals surface area contributed by atoms with Crippen LogP contribution in [0.5, 0.6) is 0 Å². The first-order valence-electron chi connectivity index (χ1n) is 7.29. The molecule has 0 radical (unpaired) electrons. The molecule has 122 valence electrons. The minimum absolute atomic E-state index is 0.223. The van der Waals surface area contributed by atoms with Gasteiger partial charge in [0, 0.05) is 30.6 Å². The van der Waals surface area contributed by atoms with E-state index in [2.05, 4.69) is 20.4 Å². The number of hydrogen-bond donors (Lipinski definition) is 2. The first-order valence-corrected chi connectivity index (χ1v) is 8.17. The molecule has 3 N–H and O–H groups in total. The molecule has 2 heterocycles. The van der Waals surface area contributed by atoms with Crippen molar-refractivity contribution in [1.29, 1.82) is 0 Å². The fourth-order valence-corrected chi connectivity index (χ4v) is 2.82. The van der Waals surface area contributed by atoms with Gasteiger partial charge in [-0.25, -0.2) is 9.37 Å². The van der Waals surface area contributed by atoms with Crippen LogP contribution in [-0.2, 0) is 11.3 Å². The summed E-state index contributed by atoms with van der Waals surface area (Å²) in [5, 5.41) is 6.36. The smallest absolute Gasteiger partial charge is 0.205 e. The minimum atomic E-state index is -0.223. The van der Waals surface area contributed by atoms with Crippen LogP contribution in [-0.4, -0.2) is 42.4 Å². The lowest BCUT2D eigenvalue weighted by Gasteiger charge is -2.26. The largest absolute Gasteiger partial charge is 0.383 e. The molecule has 0 saturated carbocycles. The van der Waals surface area contributed by atoms with Crippen molar-refractivity contribution in [2.24, 2.45) is 5.10 Å². The second-order valence-electron chi connectivity index (χ2n) is 5.19. The van der Waals surface area contributed by atoms with E-state index in [0.717, 1.165) is 13.1 Å². The molecule has 0 unspecified atom stereocenters. The lowest BCUT2D eigenvalue weighted by Crippen LogP contribution is -2.35. The molecule has 1 aromatic carbocycles. The maximum absolute atomic E-state index is 14.2. The van der Waals surface area contributed by atoms with Gasteiger partial charge in [-0.05, 0) is 11.6 Å². The van der Waals surface area contributed by atoms with E-state index in [1.165, 1.54) is 17.4 Å². The number of anilines is 2. The zero-order chi connectivity index (χ0) is 16.1. The summed E-state index contributed by atoms with van der Waals surface area (Å²) in [6.45, 7) is 3.69. The molecule has 0 bridgehead atoms. The third-order valence-corrected chi connectivity index (χ3v) is 4.24. The van der Waals surface area contributed by atoms with Crippen molar-refractivity contribution in [3.05, 3.63) is 40.5 Å². The van der Waals surface area contributed by atoms with Crippen molar-refractivity contribution in [2.75, 3.05) is 37.5 Å². The number of halogens is 1. The van der Waals surface area contributed by atoms with Crippen LogP contribution < -0.4 is 11.2 Å². The van der Waals surface area contributed by atoms with Crippen LogP contribution in [0.4, 0.5) is 15.3 Å². The maximum Gasteiger partial charge on any atom is 0.205 e. The van der Waals surface area contributed by atoms with Crippen LogP contribution in [0.2, 0.25) is 0 Å². The highest BCUT2D eigenvalue weighted by Gasteiger charge is 2.13. The molecule has 3 rings (SSSR count). The Hall–Kier alpha value is -2.03. The minimum Gasteiger partial charge on any atom is -0.383 e. The van der Waals surface area contributed by atoms with Crippen molar-refractivity contribution < 1.29 is 9.13 Å². The SMILES string of the molecule is Nc1csc(NN=Cc2ccc(CN3CCOCC3)c(F)c2)n1. The van der Waals surface area contributed by atoms with E-state index in [9.17, 15) is 4.39 Å². The predicted molar refractivity (Wildman–Crippen MR) is 90.2 cm³/mol. The zero-order valence-corrected chi connectivity index (χ0v) is 13.4. The lowest BCUT2D eigenvalue weighted by atomic mass is 10.1. The number of ether oxygens (including phenoxy) is 1. The summed E-state index contributed by atoms with van der Waals surface area (Å²) >= 11 is 1.36. The first kappa shape index (κ1) is 15.9. The third kappa shape index (κ3) is 4.47. The molecule has 0 spiro atoms. The molecule has 1 aromatic heterocycles. The van der Waals surface area contributed by atoms with Gasteiger partial charge in [0.25, 0.3) is 0 Å². The third-order valence-electron chi connectivity index (χ3n) is 3.47. The molecule has 2 aromatic rings. The highest BCUT2D eigenvalue weighted by atomic mass is 32.1. The summed E-state index contributed by atoms with van der Waals surface area (Å²) in [4.78, 5) is 6.20. The number of thiazole rings is 1. The van der Waals surface area contributed by atoms with Gasteiger partial charge in [0.15, 0.2) is 0 Å². The molecule has 23 heavy (non-hydrogen) atoms. The molecule has 8 heteroatoms. The second-order valence-corrected chi connectivity index (χ2v) is 6.04. The Morgan fingerprint density at radius 1 is 1.43 bits per heavy atom. The van der Waals surface area contributed by atoms with E-state index in [4.69, 9.17) is 10.5 Å². The highest BCUT2D eigenvalue weighted by molar-refractivity contribution is 7.14. The summed E-state index contributed by atoms with van der Waals surface area (Å²) < 4.78 is 19.5. The Labute approximate surface area is 137 Å². The molecule has 0 atom stereocenters. The van der Waals surface area contributed by atoms with E-state index in [0.29, 0.717) is 41.8 Å². The average Bonchev–Trinajstić information content (AvgIpc) is 2.96. The summed E-state index contributed by atoms with van der Waals surface area (Å²) in [7, 11) is 0. The van der Waals surface area contributed by atoms with Crippen molar-refractivity contribution in [3.8, 4) is 0 Å². The number of nitrogens with one attached hydrogen (secondary N) is 1. The predicted octanol–water partition coefficient (Wildman–Crippen LogP) is 2.14. The number of aromatic nitrogens is 1. The van der Waals surface area contributed by atoms with Crippen molar-refractivity contribution in [3.63, 3.8) is 0 Å².